The summed E-state index contributed by atoms with van der Waals surface area (Å²) in [5.74, 6) is -0.453. The Balaban J connectivity index is 1.56. The van der Waals surface area contributed by atoms with E-state index in [1.165, 1.54) is 27.8 Å². The monoisotopic (exact) mass is 433 g/mol. The van der Waals surface area contributed by atoms with E-state index in [0.29, 0.717) is 12.4 Å². The molecule has 0 fully saturated rings. The van der Waals surface area contributed by atoms with E-state index in [-0.39, 0.29) is 12.3 Å². The van der Waals surface area contributed by atoms with E-state index in [4.69, 9.17) is 4.18 Å². The van der Waals surface area contributed by atoms with Gasteiger partial charge >= 0.3 is 0 Å². The highest BCUT2D eigenvalue weighted by Crippen LogP contribution is 2.40. The van der Waals surface area contributed by atoms with Crippen molar-refractivity contribution in [2.75, 3.05) is 5.75 Å². The lowest BCUT2D eigenvalue weighted by Crippen LogP contribution is -2.25. The van der Waals surface area contributed by atoms with Crippen LogP contribution >= 0.6 is 0 Å². The van der Waals surface area contributed by atoms with E-state index >= 15 is 0 Å². The molecule has 4 rings (SSSR count). The number of nitrogens with zero attached hydrogens (tertiary/aromatic N) is 1. The predicted molar refractivity (Wildman–Crippen MR) is 123 cm³/mol. The van der Waals surface area contributed by atoms with Gasteiger partial charge in [-0.15, -0.1) is 0 Å². The molecule has 0 saturated carbocycles. The number of benzene rings is 2. The zero-order chi connectivity index (χ0) is 22.1. The largest absolute Gasteiger partial charge is 0.550 e. The van der Waals surface area contributed by atoms with Crippen LogP contribution in [-0.4, -0.2) is 16.7 Å². The fraction of sp³-hybridized carbons (Fsp3) is 0.308. The third-order valence-electron chi connectivity index (χ3n) is 5.80. The van der Waals surface area contributed by atoms with E-state index in [9.17, 15) is 9.90 Å². The lowest BCUT2D eigenvalue weighted by molar-refractivity contribution is -0.306. The number of carboxylic acid groups (broad SMARTS) is 1. The summed E-state index contributed by atoms with van der Waals surface area (Å²) in [6, 6.07) is 12.9. The summed E-state index contributed by atoms with van der Waals surface area (Å²) in [5, 5.41) is 11.2. The van der Waals surface area contributed by atoms with Gasteiger partial charge in [-0.25, -0.2) is 0 Å². The van der Waals surface area contributed by atoms with Crippen LogP contribution in [-0.2, 0) is 26.8 Å². The second kappa shape index (κ2) is 8.85. The second-order valence-corrected chi connectivity index (χ2v) is 10.1. The lowest BCUT2D eigenvalue weighted by Gasteiger charge is -2.13. The van der Waals surface area contributed by atoms with Crippen LogP contribution in [0.4, 0.5) is 0 Å². The summed E-state index contributed by atoms with van der Waals surface area (Å²) < 4.78 is 6.37. The number of carbonyl (C=O) groups excluding carboxylic acids is 1. The van der Waals surface area contributed by atoms with Gasteiger partial charge in [0.25, 0.3) is 0 Å². The minimum atomic E-state index is -1.03. The minimum Gasteiger partial charge on any atom is -0.550 e. The van der Waals surface area contributed by atoms with Crippen molar-refractivity contribution >= 4 is 17.1 Å². The zero-order valence-electron chi connectivity index (χ0n) is 18.4. The van der Waals surface area contributed by atoms with Crippen LogP contribution in [0.5, 0.6) is 0 Å². The van der Waals surface area contributed by atoms with Gasteiger partial charge < -0.3 is 9.90 Å². The second-order valence-electron chi connectivity index (χ2n) is 8.40. The molecule has 1 aliphatic rings. The summed E-state index contributed by atoms with van der Waals surface area (Å²) in [6.45, 7) is 8.94. The zero-order valence-corrected chi connectivity index (χ0v) is 19.2. The smallest absolute Gasteiger partial charge is 0.199 e. The van der Waals surface area contributed by atoms with Gasteiger partial charge in [-0.2, -0.15) is 4.18 Å². The molecule has 0 spiro atoms. The maximum atomic E-state index is 11.2. The standard InChI is InChI=1S/C26H27NO3S/c1-16-8-17(2)25(18(3)9-16)21-7-5-6-20(10-21)14-30-31-15-22(11-24(28)29)23-13-27-12-19(4)26(23)31/h5-10,12-13,22H,11,14-15H2,1-4H3/t22-,31?/m1/s1. The Kier molecular flexibility index (Phi) is 6.17. The molecule has 0 bridgehead atoms. The van der Waals surface area contributed by atoms with E-state index < -0.39 is 17.1 Å². The normalized spacial score (nSPS) is 17.5. The summed E-state index contributed by atoms with van der Waals surface area (Å²) in [4.78, 5) is 16.6. The summed E-state index contributed by atoms with van der Waals surface area (Å²) in [6.07, 6.45) is 3.62. The fourth-order valence-corrected chi connectivity index (χ4v) is 6.82. The molecular weight excluding hydrogens is 406 g/mol. The van der Waals surface area contributed by atoms with Crippen LogP contribution < -0.4 is 5.11 Å². The Morgan fingerprint density at radius 1 is 1.10 bits per heavy atom. The van der Waals surface area contributed by atoms with Crippen molar-refractivity contribution in [1.29, 1.82) is 0 Å². The first-order valence-corrected chi connectivity index (χ1v) is 11.8. The lowest BCUT2D eigenvalue weighted by atomic mass is 9.93. The molecule has 0 N–H and O–H groups in total. The molecule has 5 heteroatoms. The predicted octanol–water partition coefficient (Wildman–Crippen LogP) is 4.33. The summed E-state index contributed by atoms with van der Waals surface area (Å²) >= 11 is -0.455. The molecule has 2 heterocycles. The average Bonchev–Trinajstić information content (AvgIpc) is 3.04. The molecule has 1 unspecified atom stereocenters. The first kappa shape index (κ1) is 21.6. The molecule has 31 heavy (non-hydrogen) atoms. The van der Waals surface area contributed by atoms with Crippen LogP contribution in [0.25, 0.3) is 11.1 Å². The Morgan fingerprint density at radius 2 is 1.84 bits per heavy atom. The highest BCUT2D eigenvalue weighted by Gasteiger charge is 2.43. The molecule has 0 radical (unpaired) electrons. The number of fused-ring (bicyclic) bond motifs is 1. The maximum Gasteiger partial charge on any atom is 0.199 e. The van der Waals surface area contributed by atoms with E-state index in [0.717, 1.165) is 21.6 Å². The highest BCUT2D eigenvalue weighted by molar-refractivity contribution is 7.92. The van der Waals surface area contributed by atoms with Gasteiger partial charge in [0, 0.05) is 35.4 Å². The quantitative estimate of drug-likeness (QED) is 0.543. The van der Waals surface area contributed by atoms with E-state index in [2.05, 4.69) is 62.2 Å². The summed E-state index contributed by atoms with van der Waals surface area (Å²) in [7, 11) is 0. The average molecular weight is 434 g/mol. The van der Waals surface area contributed by atoms with Crippen LogP contribution in [0.3, 0.4) is 0 Å². The number of carboxylic acids is 1. The van der Waals surface area contributed by atoms with Gasteiger partial charge in [0.1, 0.15) is 6.61 Å². The van der Waals surface area contributed by atoms with Crippen LogP contribution in [0.2, 0.25) is 0 Å². The van der Waals surface area contributed by atoms with Gasteiger partial charge in [-0.05, 0) is 68.0 Å². The number of aryl methyl sites for hydroxylation is 4. The number of hydrogen-bond acceptors (Lipinski definition) is 4. The molecule has 0 amide bonds. The van der Waals surface area contributed by atoms with Crippen molar-refractivity contribution in [3.8, 4) is 11.1 Å². The molecule has 1 aromatic heterocycles. The van der Waals surface area contributed by atoms with Crippen molar-refractivity contribution in [2.45, 2.75) is 51.5 Å². The third-order valence-corrected chi connectivity index (χ3v) is 7.92. The Morgan fingerprint density at radius 3 is 2.55 bits per heavy atom. The number of hydrogen-bond donors (Lipinski definition) is 0. The molecule has 3 aromatic rings. The molecule has 0 saturated heterocycles. The molecule has 0 aliphatic carbocycles. The van der Waals surface area contributed by atoms with Gasteiger partial charge in [0.05, 0.1) is 0 Å². The number of pyridine rings is 1. The fourth-order valence-electron chi connectivity index (χ4n) is 4.60. The SMILES string of the molecule is Cc1cc(C)c(-c2cccc(CO[S+]3C[C@@H](CC(=O)[O-])c4cncc(C)c43)c2)c(C)c1. The van der Waals surface area contributed by atoms with Crippen LogP contribution in [0, 0.1) is 27.7 Å². The third kappa shape index (κ3) is 4.53. The maximum absolute atomic E-state index is 11.2. The van der Waals surface area contributed by atoms with E-state index in [1.807, 2.05) is 13.1 Å². The topological polar surface area (TPSA) is 62.2 Å². The first-order chi connectivity index (χ1) is 14.8. The Bertz CT molecular complexity index is 1120. The minimum absolute atomic E-state index is 0.00640. The van der Waals surface area contributed by atoms with Crippen LogP contribution in [0.15, 0.2) is 53.7 Å². The molecular formula is C26H27NO3S. The van der Waals surface area contributed by atoms with Crippen molar-refractivity contribution in [1.82, 2.24) is 4.98 Å². The molecule has 1 aliphatic heterocycles. The number of aromatic nitrogens is 1. The number of carbonyl (C=O) groups is 1. The van der Waals surface area contributed by atoms with Crippen molar-refractivity contribution in [3.05, 3.63) is 82.2 Å². The molecule has 160 valence electrons. The summed E-state index contributed by atoms with van der Waals surface area (Å²) in [5.41, 5.74) is 9.45. The van der Waals surface area contributed by atoms with Gasteiger partial charge in [-0.3, -0.25) is 4.98 Å². The van der Waals surface area contributed by atoms with Crippen molar-refractivity contribution in [3.63, 3.8) is 0 Å². The number of aliphatic carboxylic acids is 1. The Hall–Kier alpha value is -2.63. The van der Waals surface area contributed by atoms with Crippen molar-refractivity contribution in [2.24, 2.45) is 0 Å². The van der Waals surface area contributed by atoms with Crippen LogP contribution in [0.1, 0.15) is 45.7 Å². The van der Waals surface area contributed by atoms with Gasteiger partial charge in [-0.1, -0.05) is 35.9 Å². The van der Waals surface area contributed by atoms with Crippen molar-refractivity contribution < 1.29 is 14.1 Å². The van der Waals surface area contributed by atoms with E-state index in [1.54, 1.807) is 6.20 Å². The molecule has 2 aromatic carbocycles. The van der Waals surface area contributed by atoms with Gasteiger partial charge in [0.2, 0.25) is 0 Å². The Labute approximate surface area is 186 Å². The number of rotatable bonds is 6. The first-order valence-electron chi connectivity index (χ1n) is 10.5. The highest BCUT2D eigenvalue weighted by atomic mass is 32.2. The van der Waals surface area contributed by atoms with Gasteiger partial charge in [0.15, 0.2) is 21.8 Å². The molecule has 4 nitrogen and oxygen atoms in total. The molecule has 2 atom stereocenters.